The fourth-order valence-electron chi connectivity index (χ4n) is 2.50. The van der Waals surface area contributed by atoms with E-state index in [-0.39, 0.29) is 6.10 Å². The van der Waals surface area contributed by atoms with Crippen LogP contribution in [0.25, 0.3) is 0 Å². The van der Waals surface area contributed by atoms with Gasteiger partial charge in [-0.3, -0.25) is 4.43 Å². The van der Waals surface area contributed by atoms with Crippen LogP contribution in [0, 0.1) is 0 Å². The standard InChI is InChI=1S/C17H38N2O8Si/c1-20-17(21-2,22-3)27-28(23-4,13-7-11-24-14-16-15-25-16)26-12-6-5-9-19-10-8-18/h16,19H,5-15,18H2,1-4H3. The summed E-state index contributed by atoms with van der Waals surface area (Å²) in [6.45, 7) is 4.77. The van der Waals surface area contributed by atoms with Crippen molar-refractivity contribution in [1.29, 1.82) is 0 Å². The van der Waals surface area contributed by atoms with Crippen molar-refractivity contribution in [3.8, 4) is 0 Å². The lowest BCUT2D eigenvalue weighted by atomic mass is 10.3. The molecule has 3 N–H and O–H groups in total. The van der Waals surface area contributed by atoms with E-state index in [1.54, 1.807) is 7.11 Å². The Bertz CT molecular complexity index is 380. The first kappa shape index (κ1) is 25.9. The number of ether oxygens (including phenoxy) is 5. The van der Waals surface area contributed by atoms with Crippen LogP contribution in [-0.4, -0.2) is 95.6 Å². The van der Waals surface area contributed by atoms with Crippen molar-refractivity contribution in [3.63, 3.8) is 0 Å². The maximum Gasteiger partial charge on any atom is 0.506 e. The highest BCUT2D eigenvalue weighted by atomic mass is 28.4. The van der Waals surface area contributed by atoms with Gasteiger partial charge in [0.05, 0.1) is 13.2 Å². The molecule has 1 aliphatic heterocycles. The third-order valence-electron chi connectivity index (χ3n) is 4.21. The Labute approximate surface area is 169 Å². The minimum Gasteiger partial charge on any atom is -0.379 e. The van der Waals surface area contributed by atoms with Crippen LogP contribution in [0.3, 0.4) is 0 Å². The van der Waals surface area contributed by atoms with Crippen LogP contribution in [0.15, 0.2) is 0 Å². The van der Waals surface area contributed by atoms with Gasteiger partial charge in [0.2, 0.25) is 0 Å². The molecule has 2 atom stereocenters. The van der Waals surface area contributed by atoms with Crippen molar-refractivity contribution in [2.45, 2.75) is 37.6 Å². The number of methoxy groups -OCH3 is 3. The van der Waals surface area contributed by atoms with Crippen molar-refractivity contribution in [1.82, 2.24) is 5.32 Å². The molecule has 0 aliphatic carbocycles. The molecule has 0 amide bonds. The molecule has 1 rings (SSSR count). The second-order valence-corrected chi connectivity index (χ2v) is 9.10. The second-order valence-electron chi connectivity index (χ2n) is 6.33. The molecule has 0 radical (unpaired) electrons. The van der Waals surface area contributed by atoms with Crippen LogP contribution in [0.2, 0.25) is 6.04 Å². The molecule has 168 valence electrons. The van der Waals surface area contributed by atoms with Gasteiger partial charge < -0.3 is 43.6 Å². The van der Waals surface area contributed by atoms with E-state index < -0.39 is 15.0 Å². The second kappa shape index (κ2) is 14.7. The SMILES string of the molecule is COC(OC)(OC)O[Si](CCCOCC1CO1)(OC)OCCCCNCCN. The topological polar surface area (TPSA) is 115 Å². The molecule has 28 heavy (non-hydrogen) atoms. The molecule has 1 aliphatic rings. The maximum absolute atomic E-state index is 6.11. The van der Waals surface area contributed by atoms with E-state index in [1.807, 2.05) is 0 Å². The Balaban J connectivity index is 2.53. The first-order chi connectivity index (χ1) is 13.6. The largest absolute Gasteiger partial charge is 0.506 e. The van der Waals surface area contributed by atoms with E-state index in [9.17, 15) is 0 Å². The van der Waals surface area contributed by atoms with Gasteiger partial charge in [-0.15, -0.1) is 0 Å². The fraction of sp³-hybridized carbons (Fsp3) is 1.00. The van der Waals surface area contributed by atoms with E-state index in [0.717, 1.165) is 32.5 Å². The molecular weight excluding hydrogens is 388 g/mol. The Morgan fingerprint density at radius 2 is 1.75 bits per heavy atom. The fourth-order valence-corrected chi connectivity index (χ4v) is 4.87. The van der Waals surface area contributed by atoms with Crippen LogP contribution in [0.5, 0.6) is 0 Å². The number of nitrogens with one attached hydrogen (secondary N) is 1. The zero-order valence-corrected chi connectivity index (χ0v) is 18.7. The zero-order valence-electron chi connectivity index (χ0n) is 17.7. The van der Waals surface area contributed by atoms with Crippen molar-refractivity contribution in [2.24, 2.45) is 5.73 Å². The van der Waals surface area contributed by atoms with Crippen LogP contribution < -0.4 is 11.1 Å². The summed E-state index contributed by atoms with van der Waals surface area (Å²) in [6.07, 6.45) is 1.09. The lowest BCUT2D eigenvalue weighted by Gasteiger charge is -2.36. The molecule has 0 saturated carbocycles. The van der Waals surface area contributed by atoms with Crippen molar-refractivity contribution in [2.75, 3.05) is 74.5 Å². The summed E-state index contributed by atoms with van der Waals surface area (Å²) in [5.74, 6) is 0. The summed E-state index contributed by atoms with van der Waals surface area (Å²) in [5.41, 5.74) is 5.46. The third kappa shape index (κ3) is 10.0. The Kier molecular flexibility index (Phi) is 13.6. The molecular formula is C17H38N2O8Si. The molecule has 0 aromatic carbocycles. The van der Waals surface area contributed by atoms with Gasteiger partial charge in [0.25, 0.3) is 0 Å². The molecule has 0 aromatic heterocycles. The number of nitrogens with two attached hydrogens (primary N) is 1. The Morgan fingerprint density at radius 1 is 1.04 bits per heavy atom. The van der Waals surface area contributed by atoms with Gasteiger partial charge in [0.1, 0.15) is 6.10 Å². The highest BCUT2D eigenvalue weighted by molar-refractivity contribution is 6.60. The normalized spacial score (nSPS) is 19.0. The lowest BCUT2D eigenvalue weighted by Crippen LogP contribution is -2.55. The lowest BCUT2D eigenvalue weighted by molar-refractivity contribution is -0.460. The average molecular weight is 427 g/mol. The van der Waals surface area contributed by atoms with Gasteiger partial charge in [-0.2, -0.15) is 0 Å². The van der Waals surface area contributed by atoms with Gasteiger partial charge in [-0.1, -0.05) is 0 Å². The van der Waals surface area contributed by atoms with Gasteiger partial charge in [-0.25, -0.2) is 0 Å². The highest BCUT2D eigenvalue weighted by Gasteiger charge is 2.50. The van der Waals surface area contributed by atoms with Crippen LogP contribution >= 0.6 is 0 Å². The number of hydrogen-bond acceptors (Lipinski definition) is 10. The van der Waals surface area contributed by atoms with Crippen LogP contribution in [0.4, 0.5) is 0 Å². The van der Waals surface area contributed by atoms with Gasteiger partial charge in [0, 0.05) is 60.8 Å². The van der Waals surface area contributed by atoms with Crippen LogP contribution in [-0.2, 0) is 37.0 Å². The molecule has 2 unspecified atom stereocenters. The molecule has 0 bridgehead atoms. The average Bonchev–Trinajstić information content (AvgIpc) is 3.55. The van der Waals surface area contributed by atoms with Crippen molar-refractivity contribution < 1.29 is 37.0 Å². The maximum atomic E-state index is 6.11. The number of unbranched alkanes of at least 4 members (excludes halogenated alkanes) is 1. The summed E-state index contributed by atoms with van der Waals surface area (Å²) in [6, 6.07) is 0.540. The van der Waals surface area contributed by atoms with Gasteiger partial charge >= 0.3 is 15.0 Å². The predicted molar refractivity (Wildman–Crippen MR) is 105 cm³/mol. The molecule has 0 aromatic rings. The summed E-state index contributed by atoms with van der Waals surface area (Å²) < 4.78 is 44.4. The minimum absolute atomic E-state index is 0.243. The van der Waals surface area contributed by atoms with E-state index in [1.165, 1.54) is 21.3 Å². The van der Waals surface area contributed by atoms with E-state index >= 15 is 0 Å². The number of epoxide rings is 1. The summed E-state index contributed by atoms with van der Waals surface area (Å²) in [5, 5.41) is 3.26. The molecule has 11 heteroatoms. The molecule has 0 spiro atoms. The van der Waals surface area contributed by atoms with E-state index in [4.69, 9.17) is 42.7 Å². The number of hydrogen-bond donors (Lipinski definition) is 2. The molecule has 1 heterocycles. The molecule has 1 saturated heterocycles. The van der Waals surface area contributed by atoms with E-state index in [0.29, 0.717) is 38.8 Å². The summed E-state index contributed by atoms with van der Waals surface area (Å²) in [4.78, 5) is 0. The van der Waals surface area contributed by atoms with Crippen molar-refractivity contribution >= 4 is 8.80 Å². The first-order valence-corrected chi connectivity index (χ1v) is 11.7. The zero-order chi connectivity index (χ0) is 20.7. The monoisotopic (exact) mass is 426 g/mol. The highest BCUT2D eigenvalue weighted by Crippen LogP contribution is 2.27. The molecule has 1 fully saturated rings. The smallest absolute Gasteiger partial charge is 0.379 e. The van der Waals surface area contributed by atoms with Crippen molar-refractivity contribution in [3.05, 3.63) is 0 Å². The predicted octanol–water partition coefficient (Wildman–Crippen LogP) is 0.289. The van der Waals surface area contributed by atoms with Crippen LogP contribution in [0.1, 0.15) is 19.3 Å². The molecule has 10 nitrogen and oxygen atoms in total. The number of rotatable bonds is 20. The summed E-state index contributed by atoms with van der Waals surface area (Å²) >= 11 is 0. The summed E-state index contributed by atoms with van der Waals surface area (Å²) in [7, 11) is 2.74. The van der Waals surface area contributed by atoms with E-state index in [2.05, 4.69) is 5.32 Å². The first-order valence-electron chi connectivity index (χ1n) is 9.74. The Hall–Kier alpha value is -0.183. The Morgan fingerprint density at radius 3 is 2.32 bits per heavy atom. The van der Waals surface area contributed by atoms with Gasteiger partial charge in [-0.05, 0) is 25.8 Å². The third-order valence-corrected chi connectivity index (χ3v) is 7.00. The minimum atomic E-state index is -3.13. The quantitative estimate of drug-likeness (QED) is 0.122. The van der Waals surface area contributed by atoms with Gasteiger partial charge in [0.15, 0.2) is 0 Å².